The van der Waals surface area contributed by atoms with Crippen LogP contribution in [0, 0.1) is 13.8 Å². The van der Waals surface area contributed by atoms with Gasteiger partial charge in [-0.1, -0.05) is 45.0 Å². The molecule has 0 unspecified atom stereocenters. The van der Waals surface area contributed by atoms with E-state index in [0.717, 1.165) is 44.8 Å². The minimum Gasteiger partial charge on any atom is -0.338 e. The predicted molar refractivity (Wildman–Crippen MR) is 149 cm³/mol. The molecule has 37 heavy (non-hydrogen) atoms. The molecule has 4 aromatic rings. The van der Waals surface area contributed by atoms with Crippen molar-refractivity contribution in [2.24, 2.45) is 0 Å². The second-order valence-electron chi connectivity index (χ2n) is 10.7. The molecular weight excluding hydrogens is 485 g/mol. The second-order valence-corrected chi connectivity index (χ2v) is 12.5. The van der Waals surface area contributed by atoms with Gasteiger partial charge in [0.25, 0.3) is 5.91 Å². The van der Waals surface area contributed by atoms with E-state index in [9.17, 15) is 9.36 Å². The number of anilines is 1. The first-order valence-corrected chi connectivity index (χ1v) is 14.2. The Hall–Kier alpha value is -3.25. The van der Waals surface area contributed by atoms with Crippen molar-refractivity contribution >= 4 is 30.2 Å². The quantitative estimate of drug-likeness (QED) is 0.208. The maximum Gasteiger partial charge on any atom is 0.325 e. The molecule has 7 nitrogen and oxygen atoms in total. The lowest BCUT2D eigenvalue weighted by Crippen LogP contribution is -2.13. The Morgan fingerprint density at radius 1 is 1.00 bits per heavy atom. The molecule has 0 aliphatic heterocycles. The van der Waals surface area contributed by atoms with Gasteiger partial charge in [0.2, 0.25) is 0 Å². The topological polar surface area (TPSA) is 115 Å². The highest BCUT2D eigenvalue weighted by Gasteiger charge is 2.17. The fourth-order valence-electron chi connectivity index (χ4n) is 4.59. The van der Waals surface area contributed by atoms with Crippen LogP contribution in [-0.2, 0) is 16.4 Å². The van der Waals surface area contributed by atoms with E-state index >= 15 is 0 Å². The molecular formula is C29H34N3O4P. The molecule has 1 amide bonds. The number of hydrogen-bond acceptors (Lipinski definition) is 3. The van der Waals surface area contributed by atoms with Crippen LogP contribution in [0.5, 0.6) is 0 Å². The van der Waals surface area contributed by atoms with Gasteiger partial charge < -0.3 is 20.1 Å². The lowest BCUT2D eigenvalue weighted by molar-refractivity contribution is 0.102. The molecule has 0 saturated carbocycles. The maximum absolute atomic E-state index is 12.9. The summed E-state index contributed by atoms with van der Waals surface area (Å²) >= 11 is 0. The van der Waals surface area contributed by atoms with Crippen LogP contribution in [0.15, 0.2) is 54.6 Å². The number of imidazole rings is 1. The number of amides is 1. The van der Waals surface area contributed by atoms with Crippen LogP contribution in [0.3, 0.4) is 0 Å². The number of hydrogen-bond donors (Lipinski definition) is 4. The van der Waals surface area contributed by atoms with Crippen LogP contribution in [0.2, 0.25) is 0 Å². The highest BCUT2D eigenvalue weighted by atomic mass is 31.2. The second kappa shape index (κ2) is 10.3. The molecule has 4 N–H and O–H groups in total. The van der Waals surface area contributed by atoms with E-state index in [2.05, 4.69) is 31.1 Å². The molecule has 0 saturated heterocycles. The van der Waals surface area contributed by atoms with Gasteiger partial charge in [-0.3, -0.25) is 9.36 Å². The van der Waals surface area contributed by atoms with Crippen molar-refractivity contribution in [3.63, 3.8) is 0 Å². The van der Waals surface area contributed by atoms with Gasteiger partial charge in [-0.2, -0.15) is 0 Å². The highest BCUT2D eigenvalue weighted by molar-refractivity contribution is 7.51. The van der Waals surface area contributed by atoms with Crippen LogP contribution >= 0.6 is 7.60 Å². The number of aromatic nitrogens is 2. The molecule has 194 valence electrons. The molecule has 0 radical (unpaired) electrons. The van der Waals surface area contributed by atoms with E-state index in [4.69, 9.17) is 14.8 Å². The number of nitrogens with zero attached hydrogens (tertiary/aromatic N) is 1. The normalized spacial score (nSPS) is 12.2. The Labute approximate surface area is 217 Å². The summed E-state index contributed by atoms with van der Waals surface area (Å²) in [6.45, 7) is 10.5. The van der Waals surface area contributed by atoms with E-state index in [0.29, 0.717) is 18.4 Å². The number of carbonyl (C=O) groups is 1. The summed E-state index contributed by atoms with van der Waals surface area (Å²) in [5.41, 5.74) is 8.17. The van der Waals surface area contributed by atoms with Gasteiger partial charge >= 0.3 is 7.60 Å². The number of rotatable bonds is 7. The molecule has 8 heteroatoms. The van der Waals surface area contributed by atoms with Crippen molar-refractivity contribution in [1.29, 1.82) is 0 Å². The van der Waals surface area contributed by atoms with Crippen LogP contribution in [0.25, 0.3) is 22.4 Å². The molecule has 4 rings (SSSR count). The van der Waals surface area contributed by atoms with Gasteiger partial charge in [-0.25, -0.2) is 4.98 Å². The fourth-order valence-corrected chi connectivity index (χ4v) is 5.16. The molecule has 1 aromatic heterocycles. The number of H-pyrrole nitrogens is 1. The van der Waals surface area contributed by atoms with Crippen molar-refractivity contribution in [2.45, 2.75) is 52.9 Å². The van der Waals surface area contributed by atoms with Crippen molar-refractivity contribution in [2.75, 3.05) is 11.5 Å². The van der Waals surface area contributed by atoms with Gasteiger partial charge in [0.1, 0.15) is 5.82 Å². The van der Waals surface area contributed by atoms with Crippen molar-refractivity contribution in [3.05, 3.63) is 82.4 Å². The molecule has 1 heterocycles. The Morgan fingerprint density at radius 3 is 2.24 bits per heavy atom. The Kier molecular flexibility index (Phi) is 7.43. The third-order valence-electron chi connectivity index (χ3n) is 6.50. The van der Waals surface area contributed by atoms with Crippen LogP contribution in [0.1, 0.15) is 59.8 Å². The Bertz CT molecular complexity index is 1470. The van der Waals surface area contributed by atoms with Crippen LogP contribution < -0.4 is 5.32 Å². The number of carbonyl (C=O) groups excluding carboxylic acids is 1. The molecule has 0 bridgehead atoms. The maximum atomic E-state index is 12.9. The van der Waals surface area contributed by atoms with Gasteiger partial charge in [0.15, 0.2) is 0 Å². The minimum absolute atomic E-state index is 0.0502. The third kappa shape index (κ3) is 6.55. The molecule has 0 aliphatic carbocycles. The summed E-state index contributed by atoms with van der Waals surface area (Å²) < 4.78 is 11.1. The molecule has 0 aliphatic rings. The average Bonchev–Trinajstić information content (AvgIpc) is 3.20. The zero-order valence-corrected chi connectivity index (χ0v) is 22.8. The van der Waals surface area contributed by atoms with Gasteiger partial charge in [0, 0.05) is 16.8 Å². The van der Waals surface area contributed by atoms with Crippen molar-refractivity contribution < 1.29 is 19.1 Å². The van der Waals surface area contributed by atoms with Crippen molar-refractivity contribution in [3.8, 4) is 11.4 Å². The summed E-state index contributed by atoms with van der Waals surface area (Å²) in [6, 6.07) is 17.4. The number of nitrogens with one attached hydrogen (secondary N) is 2. The summed E-state index contributed by atoms with van der Waals surface area (Å²) in [7, 11) is -3.98. The molecule has 0 spiro atoms. The average molecular weight is 520 g/mol. The summed E-state index contributed by atoms with van der Waals surface area (Å²) in [5.74, 6) is 0.538. The summed E-state index contributed by atoms with van der Waals surface area (Å²) in [4.78, 5) is 39.2. The Morgan fingerprint density at radius 2 is 1.65 bits per heavy atom. The lowest BCUT2D eigenvalue weighted by Gasteiger charge is -2.19. The molecule has 0 atom stereocenters. The molecule has 0 fully saturated rings. The van der Waals surface area contributed by atoms with Crippen molar-refractivity contribution in [1.82, 2.24) is 9.97 Å². The standard InChI is InChI=1S/C29H34N3O4P/c1-18-15-20(7-6-14-37(34,35)36)16-19(2)26(18)27-31-24-13-8-21(17-25(24)32-27)28(33)30-23-11-9-22(10-12-23)29(3,4)5/h8-13,15-17H,6-7,14H2,1-5H3,(H,30,33)(H,31,32)(H2,34,35,36). The largest absolute Gasteiger partial charge is 0.338 e. The highest BCUT2D eigenvalue weighted by Crippen LogP contribution is 2.36. The van der Waals surface area contributed by atoms with Gasteiger partial charge in [-0.15, -0.1) is 0 Å². The predicted octanol–water partition coefficient (Wildman–Crippen LogP) is 6.51. The first-order valence-electron chi connectivity index (χ1n) is 12.4. The zero-order valence-electron chi connectivity index (χ0n) is 21.9. The third-order valence-corrected chi connectivity index (χ3v) is 7.40. The van der Waals surface area contributed by atoms with E-state index in [-0.39, 0.29) is 17.5 Å². The number of fused-ring (bicyclic) bond motifs is 1. The van der Waals surface area contributed by atoms with Crippen LogP contribution in [0.4, 0.5) is 5.69 Å². The zero-order chi connectivity index (χ0) is 27.0. The monoisotopic (exact) mass is 519 g/mol. The molecule has 3 aromatic carbocycles. The van der Waals surface area contributed by atoms with E-state index < -0.39 is 7.60 Å². The van der Waals surface area contributed by atoms with Crippen LogP contribution in [-0.4, -0.2) is 31.8 Å². The number of benzene rings is 3. The van der Waals surface area contributed by atoms with E-state index in [1.165, 1.54) is 5.56 Å². The lowest BCUT2D eigenvalue weighted by atomic mass is 9.87. The fraction of sp³-hybridized carbons (Fsp3) is 0.310. The Balaban J connectivity index is 1.53. The SMILES string of the molecule is Cc1cc(CCCP(=O)(O)O)cc(C)c1-c1nc2ccc(C(=O)Nc3ccc(C(C)(C)C)cc3)cc2[nH]1. The van der Waals surface area contributed by atoms with Gasteiger partial charge in [0.05, 0.1) is 17.2 Å². The van der Waals surface area contributed by atoms with E-state index in [1.54, 1.807) is 6.07 Å². The van der Waals surface area contributed by atoms with Gasteiger partial charge in [-0.05, 0) is 84.7 Å². The smallest absolute Gasteiger partial charge is 0.325 e. The minimum atomic E-state index is -3.98. The number of aromatic amines is 1. The first-order chi connectivity index (χ1) is 17.3. The first kappa shape index (κ1) is 26.8. The summed E-state index contributed by atoms with van der Waals surface area (Å²) in [5, 5.41) is 2.97. The number of aryl methyl sites for hydroxylation is 3. The van der Waals surface area contributed by atoms with E-state index in [1.807, 2.05) is 62.4 Å². The summed E-state index contributed by atoms with van der Waals surface area (Å²) in [6.07, 6.45) is 0.915.